The minimum absolute atomic E-state index is 0.441. The van der Waals surface area contributed by atoms with Crippen LogP contribution in [0, 0.1) is 0 Å². The maximum absolute atomic E-state index is 6.96. The zero-order valence-electron chi connectivity index (χ0n) is 18.4. The third-order valence-electron chi connectivity index (χ3n) is 6.89. The van der Waals surface area contributed by atoms with Crippen molar-refractivity contribution in [1.29, 1.82) is 0 Å². The quantitative estimate of drug-likeness (QED) is 0.298. The standard InChI is InChI=1S/C32H25N/c33-30-22-24(20-23-12-4-1-5-13-23)21-28-27-18-10-11-19-29(27)32(31(28)30,25-14-6-2-7-15-25)26-16-8-3-9-17-26/h1-19,21-22H,20,33H2. The Hall–Kier alpha value is -4.10. The Morgan fingerprint density at radius 3 is 1.70 bits per heavy atom. The number of rotatable bonds is 4. The van der Waals surface area contributed by atoms with E-state index in [4.69, 9.17) is 5.73 Å². The van der Waals surface area contributed by atoms with Gasteiger partial charge < -0.3 is 5.73 Å². The van der Waals surface area contributed by atoms with E-state index in [0.29, 0.717) is 0 Å². The first-order chi connectivity index (χ1) is 16.3. The average Bonchev–Trinajstić information content (AvgIpc) is 3.18. The van der Waals surface area contributed by atoms with Gasteiger partial charge in [-0.05, 0) is 51.4 Å². The number of nitrogens with two attached hydrogens (primary N) is 1. The maximum atomic E-state index is 6.96. The summed E-state index contributed by atoms with van der Waals surface area (Å²) < 4.78 is 0. The molecule has 0 amide bonds. The van der Waals surface area contributed by atoms with Crippen LogP contribution in [0.25, 0.3) is 11.1 Å². The molecule has 0 saturated heterocycles. The molecule has 0 saturated carbocycles. The van der Waals surface area contributed by atoms with E-state index in [1.54, 1.807) is 0 Å². The monoisotopic (exact) mass is 423 g/mol. The van der Waals surface area contributed by atoms with Crippen molar-refractivity contribution in [3.63, 3.8) is 0 Å². The van der Waals surface area contributed by atoms with E-state index in [2.05, 4.69) is 127 Å². The molecule has 0 bridgehead atoms. The molecule has 0 fully saturated rings. The zero-order chi connectivity index (χ0) is 22.3. The largest absolute Gasteiger partial charge is 0.398 e. The predicted octanol–water partition coefficient (Wildman–Crippen LogP) is 7.22. The molecular formula is C32H25N. The van der Waals surface area contributed by atoms with Gasteiger partial charge in [-0.2, -0.15) is 0 Å². The molecule has 158 valence electrons. The van der Waals surface area contributed by atoms with Crippen molar-refractivity contribution in [1.82, 2.24) is 0 Å². The number of nitrogen functional groups attached to an aromatic ring is 1. The molecule has 0 heterocycles. The highest BCUT2D eigenvalue weighted by Gasteiger charge is 2.47. The Morgan fingerprint density at radius 1 is 0.515 bits per heavy atom. The highest BCUT2D eigenvalue weighted by molar-refractivity contribution is 5.90. The molecule has 1 nitrogen and oxygen atoms in total. The summed E-state index contributed by atoms with van der Waals surface area (Å²) in [6, 6.07) is 45.5. The summed E-state index contributed by atoms with van der Waals surface area (Å²) in [6.07, 6.45) is 0.865. The Bertz CT molecular complexity index is 1380. The van der Waals surface area contributed by atoms with Gasteiger partial charge in [0.2, 0.25) is 0 Å². The van der Waals surface area contributed by atoms with Gasteiger partial charge in [-0.15, -0.1) is 0 Å². The van der Waals surface area contributed by atoms with Gasteiger partial charge in [-0.1, -0.05) is 121 Å². The normalized spacial score (nSPS) is 13.3. The Kier molecular flexibility index (Phi) is 4.62. The van der Waals surface area contributed by atoms with Gasteiger partial charge in [0.05, 0.1) is 5.41 Å². The summed E-state index contributed by atoms with van der Waals surface area (Å²) >= 11 is 0. The summed E-state index contributed by atoms with van der Waals surface area (Å²) in [5.74, 6) is 0. The van der Waals surface area contributed by atoms with Gasteiger partial charge in [0.1, 0.15) is 0 Å². The van der Waals surface area contributed by atoms with E-state index in [-0.39, 0.29) is 0 Å². The number of hydrogen-bond donors (Lipinski definition) is 1. The number of benzene rings is 5. The van der Waals surface area contributed by atoms with Crippen molar-refractivity contribution in [2.45, 2.75) is 11.8 Å². The first-order valence-corrected chi connectivity index (χ1v) is 11.5. The Balaban J connectivity index is 1.67. The summed E-state index contributed by atoms with van der Waals surface area (Å²) in [6.45, 7) is 0. The van der Waals surface area contributed by atoms with Crippen LogP contribution in [-0.2, 0) is 11.8 Å². The van der Waals surface area contributed by atoms with Gasteiger partial charge >= 0.3 is 0 Å². The van der Waals surface area contributed by atoms with Crippen molar-refractivity contribution >= 4 is 5.69 Å². The number of anilines is 1. The fourth-order valence-electron chi connectivity index (χ4n) is 5.61. The Labute approximate surface area is 195 Å². The van der Waals surface area contributed by atoms with Crippen molar-refractivity contribution in [2.75, 3.05) is 5.73 Å². The third kappa shape index (κ3) is 3.01. The maximum Gasteiger partial charge on any atom is 0.0733 e. The fraction of sp³-hybridized carbons (Fsp3) is 0.0625. The van der Waals surface area contributed by atoms with Crippen molar-refractivity contribution < 1.29 is 0 Å². The highest BCUT2D eigenvalue weighted by atomic mass is 14.6. The lowest BCUT2D eigenvalue weighted by molar-refractivity contribution is 0.770. The first kappa shape index (κ1) is 19.6. The van der Waals surface area contributed by atoms with E-state index in [1.165, 1.54) is 44.5 Å². The average molecular weight is 424 g/mol. The molecule has 1 heteroatoms. The lowest BCUT2D eigenvalue weighted by Crippen LogP contribution is -2.29. The van der Waals surface area contributed by atoms with Crippen LogP contribution in [0.3, 0.4) is 0 Å². The lowest BCUT2D eigenvalue weighted by Gasteiger charge is -2.34. The lowest BCUT2D eigenvalue weighted by atomic mass is 9.67. The molecule has 1 aliphatic carbocycles. The molecule has 0 unspecified atom stereocenters. The van der Waals surface area contributed by atoms with Crippen LogP contribution in [0.15, 0.2) is 127 Å². The minimum Gasteiger partial charge on any atom is -0.398 e. The second-order valence-electron chi connectivity index (χ2n) is 8.80. The SMILES string of the molecule is Nc1cc(Cc2ccccc2)cc2c1C(c1ccccc1)(c1ccccc1)c1ccccc1-2. The zero-order valence-corrected chi connectivity index (χ0v) is 18.4. The van der Waals surface area contributed by atoms with Crippen molar-refractivity contribution in [2.24, 2.45) is 0 Å². The van der Waals surface area contributed by atoms with Crippen LogP contribution in [0.5, 0.6) is 0 Å². The van der Waals surface area contributed by atoms with Gasteiger partial charge in [0.25, 0.3) is 0 Å². The second kappa shape index (κ2) is 7.79. The van der Waals surface area contributed by atoms with Crippen LogP contribution in [0.2, 0.25) is 0 Å². The highest BCUT2D eigenvalue weighted by Crippen LogP contribution is 2.58. The molecule has 0 aromatic heterocycles. The van der Waals surface area contributed by atoms with E-state index in [9.17, 15) is 0 Å². The van der Waals surface area contributed by atoms with Crippen LogP contribution in [0.4, 0.5) is 5.69 Å². The van der Waals surface area contributed by atoms with Crippen molar-refractivity contribution in [3.05, 3.63) is 161 Å². The molecule has 5 aromatic rings. The Morgan fingerprint density at radius 2 is 1.06 bits per heavy atom. The van der Waals surface area contributed by atoms with Gasteiger partial charge in [-0.25, -0.2) is 0 Å². The predicted molar refractivity (Wildman–Crippen MR) is 137 cm³/mol. The van der Waals surface area contributed by atoms with E-state index >= 15 is 0 Å². The third-order valence-corrected chi connectivity index (χ3v) is 6.89. The summed E-state index contributed by atoms with van der Waals surface area (Å²) in [4.78, 5) is 0. The molecule has 6 rings (SSSR count). The van der Waals surface area contributed by atoms with Crippen LogP contribution in [0.1, 0.15) is 33.4 Å². The van der Waals surface area contributed by atoms with E-state index in [1.807, 2.05) is 0 Å². The number of hydrogen-bond acceptors (Lipinski definition) is 1. The van der Waals surface area contributed by atoms with Crippen LogP contribution in [-0.4, -0.2) is 0 Å². The van der Waals surface area contributed by atoms with Gasteiger partial charge in [0.15, 0.2) is 0 Å². The fourth-order valence-corrected chi connectivity index (χ4v) is 5.61. The molecule has 5 aromatic carbocycles. The molecule has 33 heavy (non-hydrogen) atoms. The second-order valence-corrected chi connectivity index (χ2v) is 8.80. The van der Waals surface area contributed by atoms with Crippen LogP contribution < -0.4 is 5.73 Å². The number of fused-ring (bicyclic) bond motifs is 3. The topological polar surface area (TPSA) is 26.0 Å². The van der Waals surface area contributed by atoms with Gasteiger partial charge in [0, 0.05) is 11.3 Å². The molecular weight excluding hydrogens is 398 g/mol. The molecule has 0 atom stereocenters. The molecule has 0 spiro atoms. The van der Waals surface area contributed by atoms with Gasteiger partial charge in [-0.3, -0.25) is 0 Å². The minimum atomic E-state index is -0.441. The molecule has 1 aliphatic rings. The smallest absolute Gasteiger partial charge is 0.0733 e. The molecule has 0 aliphatic heterocycles. The first-order valence-electron chi connectivity index (χ1n) is 11.5. The van der Waals surface area contributed by atoms with E-state index < -0.39 is 5.41 Å². The van der Waals surface area contributed by atoms with Crippen LogP contribution >= 0.6 is 0 Å². The van der Waals surface area contributed by atoms with E-state index in [0.717, 1.165) is 12.1 Å². The molecule has 2 N–H and O–H groups in total. The van der Waals surface area contributed by atoms with Crippen molar-refractivity contribution in [3.8, 4) is 11.1 Å². The summed E-state index contributed by atoms with van der Waals surface area (Å²) in [5, 5.41) is 0. The summed E-state index contributed by atoms with van der Waals surface area (Å²) in [7, 11) is 0. The summed E-state index contributed by atoms with van der Waals surface area (Å²) in [5.41, 5.74) is 17.4. The molecule has 0 radical (unpaired) electrons.